The van der Waals surface area contributed by atoms with E-state index in [4.69, 9.17) is 11.5 Å². The number of hydrogen-bond donors (Lipinski definition) is 2. The minimum atomic E-state index is 0.635. The van der Waals surface area contributed by atoms with Crippen LogP contribution in [0.4, 0.5) is 11.4 Å². The van der Waals surface area contributed by atoms with Crippen molar-refractivity contribution in [1.82, 2.24) is 9.55 Å². The number of aryl methyl sites for hydroxylation is 1. The molecule has 0 saturated heterocycles. The molecule has 0 fully saturated rings. The fourth-order valence-corrected chi connectivity index (χ4v) is 2.64. The van der Waals surface area contributed by atoms with E-state index in [1.807, 2.05) is 30.7 Å². The molecule has 0 radical (unpaired) electrons. The van der Waals surface area contributed by atoms with E-state index in [9.17, 15) is 0 Å². The molecule has 4 nitrogen and oxygen atoms in total. The van der Waals surface area contributed by atoms with Crippen LogP contribution in [0.3, 0.4) is 0 Å². The highest BCUT2D eigenvalue weighted by Crippen LogP contribution is 2.27. The van der Waals surface area contributed by atoms with Crippen molar-refractivity contribution in [3.8, 4) is 0 Å². The van der Waals surface area contributed by atoms with Gasteiger partial charge in [-0.2, -0.15) is 0 Å². The Kier molecular flexibility index (Phi) is 4.15. The van der Waals surface area contributed by atoms with Gasteiger partial charge >= 0.3 is 0 Å². The first kappa shape index (κ1) is 12.8. The number of rotatable bonds is 5. The summed E-state index contributed by atoms with van der Waals surface area (Å²) >= 11 is 1.74. The average molecular weight is 262 g/mol. The predicted octanol–water partition coefficient (Wildman–Crippen LogP) is 2.75. The van der Waals surface area contributed by atoms with Crippen molar-refractivity contribution in [2.45, 2.75) is 30.5 Å². The van der Waals surface area contributed by atoms with Crippen molar-refractivity contribution in [1.29, 1.82) is 0 Å². The molecule has 0 aliphatic carbocycles. The highest BCUT2D eigenvalue weighted by molar-refractivity contribution is 7.98. The fourth-order valence-electron chi connectivity index (χ4n) is 1.71. The number of nitrogens with two attached hydrogens (primary N) is 2. The smallest absolute Gasteiger partial charge is 0.0948 e. The van der Waals surface area contributed by atoms with Crippen molar-refractivity contribution >= 4 is 23.1 Å². The summed E-state index contributed by atoms with van der Waals surface area (Å²) in [7, 11) is 0. The maximum absolute atomic E-state index is 5.79. The molecule has 5 heteroatoms. The third kappa shape index (κ3) is 2.98. The maximum atomic E-state index is 5.79. The van der Waals surface area contributed by atoms with E-state index in [-0.39, 0.29) is 0 Å². The molecule has 18 heavy (non-hydrogen) atoms. The van der Waals surface area contributed by atoms with Crippen molar-refractivity contribution in [3.63, 3.8) is 0 Å². The highest BCUT2D eigenvalue weighted by atomic mass is 32.2. The Hall–Kier alpha value is -1.62. The molecule has 0 aliphatic heterocycles. The van der Waals surface area contributed by atoms with Gasteiger partial charge < -0.3 is 16.0 Å². The van der Waals surface area contributed by atoms with E-state index >= 15 is 0 Å². The van der Waals surface area contributed by atoms with Gasteiger partial charge in [-0.15, -0.1) is 11.8 Å². The van der Waals surface area contributed by atoms with Crippen molar-refractivity contribution in [2.75, 3.05) is 11.5 Å². The Morgan fingerprint density at radius 3 is 2.83 bits per heavy atom. The number of thioether (sulfide) groups is 1. The van der Waals surface area contributed by atoms with E-state index in [1.54, 1.807) is 11.8 Å². The van der Waals surface area contributed by atoms with E-state index in [1.165, 1.54) is 5.69 Å². The van der Waals surface area contributed by atoms with Gasteiger partial charge in [0, 0.05) is 29.1 Å². The summed E-state index contributed by atoms with van der Waals surface area (Å²) in [6, 6.07) is 5.76. The van der Waals surface area contributed by atoms with Crippen LogP contribution in [0, 0.1) is 0 Å². The Bertz CT molecular complexity index is 521. The van der Waals surface area contributed by atoms with Crippen LogP contribution in [0.1, 0.15) is 19.0 Å². The Balaban J connectivity index is 2.02. The van der Waals surface area contributed by atoms with Crippen LogP contribution in [-0.2, 0) is 12.3 Å². The van der Waals surface area contributed by atoms with Crippen LogP contribution in [0.2, 0.25) is 0 Å². The third-order valence-electron chi connectivity index (χ3n) is 2.71. The van der Waals surface area contributed by atoms with Crippen LogP contribution in [0.25, 0.3) is 0 Å². The summed E-state index contributed by atoms with van der Waals surface area (Å²) in [4.78, 5) is 5.32. The van der Waals surface area contributed by atoms with Crippen molar-refractivity contribution in [3.05, 3.63) is 36.4 Å². The average Bonchev–Trinajstić information content (AvgIpc) is 2.79. The highest BCUT2D eigenvalue weighted by Gasteiger charge is 2.03. The van der Waals surface area contributed by atoms with Gasteiger partial charge in [-0.05, 0) is 24.6 Å². The topological polar surface area (TPSA) is 69.9 Å². The van der Waals surface area contributed by atoms with E-state index < -0.39 is 0 Å². The molecular weight excluding hydrogens is 244 g/mol. The molecule has 0 amide bonds. The molecule has 2 aromatic rings. The molecule has 0 unspecified atom stereocenters. The lowest BCUT2D eigenvalue weighted by atomic mass is 10.3. The second kappa shape index (κ2) is 5.82. The summed E-state index contributed by atoms with van der Waals surface area (Å²) in [5, 5.41) is 0. The summed E-state index contributed by atoms with van der Waals surface area (Å²) in [5.41, 5.74) is 14.0. The number of hydrogen-bond acceptors (Lipinski definition) is 4. The van der Waals surface area contributed by atoms with Gasteiger partial charge in [-0.25, -0.2) is 4.98 Å². The van der Waals surface area contributed by atoms with E-state index in [0.717, 1.165) is 23.6 Å². The zero-order valence-electron chi connectivity index (χ0n) is 10.5. The molecule has 0 atom stereocenters. The number of nitrogen functional groups attached to an aromatic ring is 2. The molecule has 1 aromatic heterocycles. The lowest BCUT2D eigenvalue weighted by Gasteiger charge is -2.07. The normalized spacial score (nSPS) is 10.7. The zero-order valence-corrected chi connectivity index (χ0v) is 11.3. The Morgan fingerprint density at radius 2 is 2.11 bits per heavy atom. The first-order chi connectivity index (χ1) is 8.70. The molecule has 0 spiro atoms. The van der Waals surface area contributed by atoms with Crippen molar-refractivity contribution < 1.29 is 0 Å². The van der Waals surface area contributed by atoms with Gasteiger partial charge in [-0.3, -0.25) is 0 Å². The number of benzene rings is 1. The third-order valence-corrected chi connectivity index (χ3v) is 3.74. The number of nitrogens with zero attached hydrogens (tertiary/aromatic N) is 2. The second-order valence-electron chi connectivity index (χ2n) is 4.16. The van der Waals surface area contributed by atoms with Gasteiger partial charge in [0.05, 0.1) is 17.7 Å². The summed E-state index contributed by atoms with van der Waals surface area (Å²) in [6.45, 7) is 3.18. The van der Waals surface area contributed by atoms with Crippen LogP contribution in [-0.4, -0.2) is 9.55 Å². The van der Waals surface area contributed by atoms with Crippen LogP contribution < -0.4 is 11.5 Å². The molecule has 0 aliphatic rings. The minimum Gasteiger partial charge on any atom is -0.397 e. The monoisotopic (exact) mass is 262 g/mol. The van der Waals surface area contributed by atoms with Crippen molar-refractivity contribution in [2.24, 2.45) is 0 Å². The quantitative estimate of drug-likeness (QED) is 0.642. The van der Waals surface area contributed by atoms with Crippen LogP contribution in [0.5, 0.6) is 0 Å². The van der Waals surface area contributed by atoms with E-state index in [2.05, 4.69) is 16.5 Å². The molecule has 1 aromatic carbocycles. The van der Waals surface area contributed by atoms with Gasteiger partial charge in [0.2, 0.25) is 0 Å². The van der Waals surface area contributed by atoms with Gasteiger partial charge in [0.1, 0.15) is 0 Å². The lowest BCUT2D eigenvalue weighted by Crippen LogP contribution is -1.99. The largest absolute Gasteiger partial charge is 0.397 e. The number of anilines is 2. The Labute approximate surface area is 111 Å². The lowest BCUT2D eigenvalue weighted by molar-refractivity contribution is 0.659. The van der Waals surface area contributed by atoms with Crippen LogP contribution >= 0.6 is 11.8 Å². The number of aromatic nitrogens is 2. The molecule has 2 rings (SSSR count). The van der Waals surface area contributed by atoms with E-state index in [0.29, 0.717) is 11.4 Å². The summed E-state index contributed by atoms with van der Waals surface area (Å²) in [5.74, 6) is 0.892. The van der Waals surface area contributed by atoms with Crippen LogP contribution in [0.15, 0.2) is 35.6 Å². The molecule has 1 heterocycles. The SMILES string of the molecule is CCCn1cncc1CSc1ccc(N)c(N)c1. The number of imidazole rings is 1. The van der Waals surface area contributed by atoms with Gasteiger partial charge in [0.25, 0.3) is 0 Å². The Morgan fingerprint density at radius 1 is 1.28 bits per heavy atom. The van der Waals surface area contributed by atoms with Gasteiger partial charge in [-0.1, -0.05) is 6.92 Å². The molecule has 0 bridgehead atoms. The molecule has 4 N–H and O–H groups in total. The predicted molar refractivity (Wildman–Crippen MR) is 77.3 cm³/mol. The maximum Gasteiger partial charge on any atom is 0.0948 e. The molecular formula is C13H18N4S. The standard InChI is InChI=1S/C13H18N4S/c1-2-5-17-9-16-7-10(17)8-18-11-3-4-12(14)13(15)6-11/h3-4,6-7,9H,2,5,8,14-15H2,1H3. The summed E-state index contributed by atoms with van der Waals surface area (Å²) < 4.78 is 2.19. The first-order valence-electron chi connectivity index (χ1n) is 5.97. The fraction of sp³-hybridized carbons (Fsp3) is 0.308. The van der Waals surface area contributed by atoms with Gasteiger partial charge in [0.15, 0.2) is 0 Å². The molecule has 0 saturated carbocycles. The molecule has 96 valence electrons. The minimum absolute atomic E-state index is 0.635. The first-order valence-corrected chi connectivity index (χ1v) is 6.96. The second-order valence-corrected chi connectivity index (χ2v) is 5.21. The zero-order chi connectivity index (χ0) is 13.0. The summed E-state index contributed by atoms with van der Waals surface area (Å²) in [6.07, 6.45) is 4.92.